The highest BCUT2D eigenvalue weighted by atomic mass is 79.9. The Bertz CT molecular complexity index is 1250. The summed E-state index contributed by atoms with van der Waals surface area (Å²) < 4.78 is 17.6. The molecule has 0 radical (unpaired) electrons. The smallest absolute Gasteiger partial charge is 0.363 e. The van der Waals surface area contributed by atoms with Crippen LogP contribution in [-0.4, -0.2) is 19.0 Å². The van der Waals surface area contributed by atoms with Gasteiger partial charge in [0.2, 0.25) is 5.90 Å². The van der Waals surface area contributed by atoms with E-state index in [0.717, 1.165) is 15.6 Å². The zero-order valence-electron chi connectivity index (χ0n) is 17.4. The van der Waals surface area contributed by atoms with Crippen molar-refractivity contribution in [3.8, 4) is 11.5 Å². The number of nitrogens with zero attached hydrogens (tertiary/aromatic N) is 1. The molecule has 4 rings (SSSR count). The lowest BCUT2D eigenvalue weighted by Crippen LogP contribution is -2.05. The maximum absolute atomic E-state index is 12.3. The summed E-state index contributed by atoms with van der Waals surface area (Å²) in [4.78, 5) is 16.7. The summed E-state index contributed by atoms with van der Waals surface area (Å²) in [6.07, 6.45) is 1.60. The summed E-state index contributed by atoms with van der Waals surface area (Å²) in [5.41, 5.74) is 3.70. The van der Waals surface area contributed by atoms with E-state index in [-0.39, 0.29) is 11.6 Å². The van der Waals surface area contributed by atoms with Gasteiger partial charge in [0.1, 0.15) is 6.61 Å². The second kappa shape index (κ2) is 9.59. The summed E-state index contributed by atoms with van der Waals surface area (Å²) in [7, 11) is 1.54. The number of aryl methyl sites for hydroxylation is 1. The van der Waals surface area contributed by atoms with Crippen molar-refractivity contribution < 1.29 is 19.0 Å². The van der Waals surface area contributed by atoms with Crippen molar-refractivity contribution in [2.75, 3.05) is 7.11 Å². The van der Waals surface area contributed by atoms with Crippen LogP contribution in [0.1, 0.15) is 22.3 Å². The molecule has 0 amide bonds. The van der Waals surface area contributed by atoms with Gasteiger partial charge in [-0.1, -0.05) is 57.9 Å². The van der Waals surface area contributed by atoms with Crippen LogP contribution in [0.5, 0.6) is 11.5 Å². The van der Waals surface area contributed by atoms with Gasteiger partial charge in [0.25, 0.3) is 0 Å². The molecule has 7 heteroatoms. The second-order valence-electron chi connectivity index (χ2n) is 7.10. The molecule has 3 aromatic rings. The summed E-state index contributed by atoms with van der Waals surface area (Å²) in [5.74, 6) is 0.612. The minimum Gasteiger partial charge on any atom is -0.493 e. The molecule has 162 valence electrons. The van der Waals surface area contributed by atoms with Crippen molar-refractivity contribution in [2.45, 2.75) is 13.5 Å². The molecule has 1 aliphatic rings. The molecular formula is C25H19BrClNO4. The predicted octanol–water partition coefficient (Wildman–Crippen LogP) is 6.34. The molecule has 5 nitrogen and oxygen atoms in total. The van der Waals surface area contributed by atoms with Gasteiger partial charge in [0.15, 0.2) is 17.2 Å². The third kappa shape index (κ3) is 4.87. The monoisotopic (exact) mass is 511 g/mol. The first-order valence-electron chi connectivity index (χ1n) is 9.78. The highest BCUT2D eigenvalue weighted by molar-refractivity contribution is 9.10. The Kier molecular flexibility index (Phi) is 6.63. The van der Waals surface area contributed by atoms with E-state index in [4.69, 9.17) is 25.8 Å². The molecule has 0 N–H and O–H groups in total. The van der Waals surface area contributed by atoms with E-state index in [1.807, 2.05) is 55.5 Å². The van der Waals surface area contributed by atoms with Crippen LogP contribution in [0.15, 0.2) is 75.8 Å². The van der Waals surface area contributed by atoms with Gasteiger partial charge in [-0.3, -0.25) is 0 Å². The molecule has 0 bridgehead atoms. The van der Waals surface area contributed by atoms with Crippen LogP contribution in [0, 0.1) is 6.92 Å². The van der Waals surface area contributed by atoms with Gasteiger partial charge in [-0.25, -0.2) is 9.79 Å². The number of hydrogen-bond donors (Lipinski definition) is 0. The van der Waals surface area contributed by atoms with Crippen molar-refractivity contribution in [2.24, 2.45) is 4.99 Å². The van der Waals surface area contributed by atoms with Gasteiger partial charge in [0.05, 0.1) is 12.1 Å². The summed E-state index contributed by atoms with van der Waals surface area (Å²) >= 11 is 9.90. The van der Waals surface area contributed by atoms with E-state index in [1.54, 1.807) is 18.2 Å². The number of carbonyl (C=O) groups is 1. The van der Waals surface area contributed by atoms with Gasteiger partial charge in [0, 0.05) is 10.0 Å². The molecule has 0 atom stereocenters. The average molecular weight is 513 g/mol. The first-order valence-corrected chi connectivity index (χ1v) is 10.9. The highest BCUT2D eigenvalue weighted by Crippen LogP contribution is 2.38. The van der Waals surface area contributed by atoms with Crippen LogP contribution in [0.2, 0.25) is 5.02 Å². The number of hydrogen-bond acceptors (Lipinski definition) is 5. The molecule has 0 fully saturated rings. The molecule has 0 saturated heterocycles. The van der Waals surface area contributed by atoms with Gasteiger partial charge in [-0.2, -0.15) is 0 Å². The average Bonchev–Trinajstić information content (AvgIpc) is 3.14. The molecular weight excluding hydrogens is 494 g/mol. The van der Waals surface area contributed by atoms with Crippen molar-refractivity contribution in [3.63, 3.8) is 0 Å². The number of rotatable bonds is 6. The SMILES string of the molecule is COc1cc(/C=C2\N=C(c3cccc(Br)c3)OC2=O)cc(Cl)c1OCc1ccccc1C. The van der Waals surface area contributed by atoms with E-state index in [2.05, 4.69) is 20.9 Å². The number of halogens is 2. The van der Waals surface area contributed by atoms with E-state index < -0.39 is 5.97 Å². The van der Waals surface area contributed by atoms with Crippen molar-refractivity contribution in [1.82, 2.24) is 0 Å². The zero-order chi connectivity index (χ0) is 22.7. The molecule has 0 aromatic heterocycles. The van der Waals surface area contributed by atoms with Crippen LogP contribution >= 0.6 is 27.5 Å². The van der Waals surface area contributed by atoms with E-state index in [0.29, 0.717) is 34.3 Å². The Morgan fingerprint density at radius 1 is 1.12 bits per heavy atom. The Labute approximate surface area is 199 Å². The molecule has 0 spiro atoms. The number of aliphatic imine (C=N–C) groups is 1. The molecule has 0 unspecified atom stereocenters. The number of cyclic esters (lactones) is 1. The molecule has 0 saturated carbocycles. The Balaban J connectivity index is 1.60. The third-order valence-electron chi connectivity index (χ3n) is 4.88. The lowest BCUT2D eigenvalue weighted by Gasteiger charge is -2.14. The number of esters is 1. The molecule has 1 heterocycles. The lowest BCUT2D eigenvalue weighted by molar-refractivity contribution is -0.129. The van der Waals surface area contributed by atoms with Crippen LogP contribution < -0.4 is 9.47 Å². The Morgan fingerprint density at radius 3 is 2.69 bits per heavy atom. The highest BCUT2D eigenvalue weighted by Gasteiger charge is 2.24. The molecule has 3 aromatic carbocycles. The fourth-order valence-corrected chi connectivity index (χ4v) is 3.87. The van der Waals surface area contributed by atoms with E-state index >= 15 is 0 Å². The predicted molar refractivity (Wildman–Crippen MR) is 128 cm³/mol. The Morgan fingerprint density at radius 2 is 1.94 bits per heavy atom. The summed E-state index contributed by atoms with van der Waals surface area (Å²) in [5, 5.41) is 0.368. The quantitative estimate of drug-likeness (QED) is 0.285. The third-order valence-corrected chi connectivity index (χ3v) is 5.65. The van der Waals surface area contributed by atoms with Gasteiger partial charge in [-0.05, 0) is 60.0 Å². The fourth-order valence-electron chi connectivity index (χ4n) is 3.20. The normalized spacial score (nSPS) is 14.3. The number of carbonyl (C=O) groups excluding carboxylic acids is 1. The maximum atomic E-state index is 12.3. The minimum atomic E-state index is -0.532. The summed E-state index contributed by atoms with van der Waals surface area (Å²) in [6, 6.07) is 18.8. The second-order valence-corrected chi connectivity index (χ2v) is 8.42. The first kappa shape index (κ1) is 22.1. The topological polar surface area (TPSA) is 57.1 Å². The van der Waals surface area contributed by atoms with E-state index in [9.17, 15) is 4.79 Å². The van der Waals surface area contributed by atoms with Gasteiger partial charge < -0.3 is 14.2 Å². The Hall–Kier alpha value is -3.09. The van der Waals surface area contributed by atoms with E-state index in [1.165, 1.54) is 7.11 Å². The van der Waals surface area contributed by atoms with Crippen LogP contribution in [0.3, 0.4) is 0 Å². The van der Waals surface area contributed by atoms with Gasteiger partial charge >= 0.3 is 5.97 Å². The molecule has 32 heavy (non-hydrogen) atoms. The number of benzene rings is 3. The standard InChI is InChI=1S/C25H19BrClNO4/c1-15-6-3-4-7-18(15)14-31-23-20(27)10-16(12-22(23)30-2)11-21-25(29)32-24(28-21)17-8-5-9-19(26)13-17/h3-13H,14H2,1-2H3/b21-11-. The number of ether oxygens (including phenoxy) is 3. The fraction of sp³-hybridized carbons (Fsp3) is 0.120. The minimum absolute atomic E-state index is 0.173. The van der Waals surface area contributed by atoms with Gasteiger partial charge in [-0.15, -0.1) is 0 Å². The molecule has 1 aliphatic heterocycles. The van der Waals surface area contributed by atoms with Crippen LogP contribution in [-0.2, 0) is 16.1 Å². The zero-order valence-corrected chi connectivity index (χ0v) is 19.7. The lowest BCUT2D eigenvalue weighted by atomic mass is 10.1. The maximum Gasteiger partial charge on any atom is 0.363 e. The van der Waals surface area contributed by atoms with Crippen molar-refractivity contribution in [3.05, 3.63) is 98.1 Å². The van der Waals surface area contributed by atoms with Crippen LogP contribution in [0.4, 0.5) is 0 Å². The molecule has 0 aliphatic carbocycles. The van der Waals surface area contributed by atoms with Crippen molar-refractivity contribution in [1.29, 1.82) is 0 Å². The summed E-state index contributed by atoms with van der Waals surface area (Å²) in [6.45, 7) is 2.38. The first-order chi connectivity index (χ1) is 15.4. The number of methoxy groups -OCH3 is 1. The van der Waals surface area contributed by atoms with Crippen LogP contribution in [0.25, 0.3) is 6.08 Å². The van der Waals surface area contributed by atoms with Crippen molar-refractivity contribution >= 4 is 45.5 Å². The largest absolute Gasteiger partial charge is 0.493 e.